The van der Waals surface area contributed by atoms with E-state index in [0.29, 0.717) is 5.69 Å². The molecule has 1 aromatic heterocycles. The van der Waals surface area contributed by atoms with Crippen LogP contribution in [0.5, 0.6) is 0 Å². The first-order valence-corrected chi connectivity index (χ1v) is 4.16. The van der Waals surface area contributed by atoms with Crippen molar-refractivity contribution in [2.24, 2.45) is 10.7 Å². The van der Waals surface area contributed by atoms with Gasteiger partial charge in [0.05, 0.1) is 6.61 Å². The van der Waals surface area contributed by atoms with Crippen LogP contribution < -0.4 is 5.73 Å². The first kappa shape index (κ1) is 10.2. The molecule has 0 saturated carbocycles. The van der Waals surface area contributed by atoms with E-state index >= 15 is 0 Å². The quantitative estimate of drug-likeness (QED) is 0.560. The average Bonchev–Trinajstić information content (AvgIpc) is 2.19. The highest BCUT2D eigenvalue weighted by Crippen LogP contribution is 1.94. The van der Waals surface area contributed by atoms with E-state index in [-0.39, 0.29) is 12.4 Å². The zero-order valence-corrected chi connectivity index (χ0v) is 7.80. The third-order valence-electron chi connectivity index (χ3n) is 1.41. The van der Waals surface area contributed by atoms with Crippen LogP contribution in [0.1, 0.15) is 12.6 Å². The predicted molar refractivity (Wildman–Crippen MR) is 52.0 cm³/mol. The summed E-state index contributed by atoms with van der Waals surface area (Å²) in [7, 11) is 0. The van der Waals surface area contributed by atoms with Crippen LogP contribution in [0.15, 0.2) is 29.4 Å². The molecule has 1 heterocycles. The van der Waals surface area contributed by atoms with Gasteiger partial charge in [0, 0.05) is 6.20 Å². The van der Waals surface area contributed by atoms with E-state index in [0.717, 1.165) is 0 Å². The van der Waals surface area contributed by atoms with Crippen molar-refractivity contribution in [2.75, 3.05) is 6.61 Å². The van der Waals surface area contributed by atoms with Crippen LogP contribution in [-0.4, -0.2) is 23.5 Å². The number of hydrogen-bond acceptors (Lipinski definition) is 3. The molecule has 0 atom stereocenters. The van der Waals surface area contributed by atoms with Gasteiger partial charge >= 0.3 is 6.09 Å². The van der Waals surface area contributed by atoms with Crippen LogP contribution in [0.4, 0.5) is 4.79 Å². The topological polar surface area (TPSA) is 77.6 Å². The second-order valence-electron chi connectivity index (χ2n) is 2.41. The van der Waals surface area contributed by atoms with Gasteiger partial charge in [0.15, 0.2) is 5.84 Å². The number of pyridine rings is 1. The molecule has 0 aliphatic heterocycles. The Morgan fingerprint density at radius 3 is 3.00 bits per heavy atom. The zero-order valence-electron chi connectivity index (χ0n) is 7.80. The fraction of sp³-hybridized carbons (Fsp3) is 0.222. The molecule has 1 aromatic rings. The lowest BCUT2D eigenvalue weighted by atomic mass is 10.3. The Morgan fingerprint density at radius 2 is 2.43 bits per heavy atom. The van der Waals surface area contributed by atoms with Crippen molar-refractivity contribution in [2.45, 2.75) is 6.92 Å². The van der Waals surface area contributed by atoms with Crippen molar-refractivity contribution in [1.29, 1.82) is 0 Å². The summed E-state index contributed by atoms with van der Waals surface area (Å²) in [6.45, 7) is 1.97. The normalized spacial score (nSPS) is 11.1. The molecule has 0 radical (unpaired) electrons. The molecule has 5 nitrogen and oxygen atoms in total. The van der Waals surface area contributed by atoms with Crippen LogP contribution >= 0.6 is 0 Å². The van der Waals surface area contributed by atoms with Crippen molar-refractivity contribution in [3.63, 3.8) is 0 Å². The SMILES string of the molecule is CCOC(=O)N=C(N)c1ccccn1. The monoisotopic (exact) mass is 193 g/mol. The number of amidine groups is 1. The maximum atomic E-state index is 10.9. The summed E-state index contributed by atoms with van der Waals surface area (Å²) in [5.74, 6) is 0.0593. The molecule has 74 valence electrons. The minimum atomic E-state index is -0.698. The van der Waals surface area contributed by atoms with E-state index in [1.165, 1.54) is 0 Å². The van der Waals surface area contributed by atoms with Crippen LogP contribution in [-0.2, 0) is 4.74 Å². The summed E-state index contributed by atoms with van der Waals surface area (Å²) >= 11 is 0. The van der Waals surface area contributed by atoms with Crippen molar-refractivity contribution < 1.29 is 9.53 Å². The highest BCUT2D eigenvalue weighted by molar-refractivity contribution is 6.01. The number of nitrogens with zero attached hydrogens (tertiary/aromatic N) is 2. The number of rotatable bonds is 2. The second kappa shape index (κ2) is 4.96. The lowest BCUT2D eigenvalue weighted by Gasteiger charge is -1.98. The van der Waals surface area contributed by atoms with Crippen molar-refractivity contribution in [1.82, 2.24) is 4.98 Å². The van der Waals surface area contributed by atoms with Gasteiger partial charge in [-0.1, -0.05) is 6.07 Å². The fourth-order valence-electron chi connectivity index (χ4n) is 0.826. The third-order valence-corrected chi connectivity index (χ3v) is 1.41. The van der Waals surface area contributed by atoms with Crippen LogP contribution in [0.2, 0.25) is 0 Å². The lowest BCUT2D eigenvalue weighted by Crippen LogP contribution is -2.17. The van der Waals surface area contributed by atoms with Gasteiger partial charge in [-0.3, -0.25) is 4.98 Å². The molecule has 0 aromatic carbocycles. The van der Waals surface area contributed by atoms with Gasteiger partial charge in [-0.15, -0.1) is 0 Å². The van der Waals surface area contributed by atoms with Crippen molar-refractivity contribution in [3.8, 4) is 0 Å². The van der Waals surface area contributed by atoms with Gasteiger partial charge in [0.25, 0.3) is 0 Å². The number of ether oxygens (including phenoxy) is 1. The molecule has 0 unspecified atom stereocenters. The largest absolute Gasteiger partial charge is 0.448 e. The van der Waals surface area contributed by atoms with Crippen LogP contribution in [0.3, 0.4) is 0 Å². The smallest absolute Gasteiger partial charge is 0.435 e. The second-order valence-corrected chi connectivity index (χ2v) is 2.41. The minimum Gasteiger partial charge on any atom is -0.448 e. The molecule has 1 amide bonds. The van der Waals surface area contributed by atoms with Gasteiger partial charge in [0.2, 0.25) is 0 Å². The van der Waals surface area contributed by atoms with E-state index in [1.54, 1.807) is 31.3 Å². The Bertz CT molecular complexity index is 335. The summed E-state index contributed by atoms with van der Waals surface area (Å²) in [5, 5.41) is 0. The molecule has 1 rings (SSSR count). The van der Waals surface area contributed by atoms with Gasteiger partial charge in [-0.25, -0.2) is 4.79 Å². The molecule has 0 aliphatic carbocycles. The predicted octanol–water partition coefficient (Wildman–Crippen LogP) is 0.943. The highest BCUT2D eigenvalue weighted by Gasteiger charge is 2.02. The molecule has 2 N–H and O–H groups in total. The number of aliphatic imine (C=N–C) groups is 1. The Labute approximate surface area is 81.6 Å². The Kier molecular flexibility index (Phi) is 3.60. The first-order chi connectivity index (χ1) is 6.74. The maximum absolute atomic E-state index is 10.9. The van der Waals surface area contributed by atoms with E-state index in [4.69, 9.17) is 5.73 Å². The Hall–Kier alpha value is -1.91. The van der Waals surface area contributed by atoms with Crippen molar-refractivity contribution >= 4 is 11.9 Å². The molecular weight excluding hydrogens is 182 g/mol. The molecule has 0 fully saturated rings. The summed E-state index contributed by atoms with van der Waals surface area (Å²) in [6, 6.07) is 5.18. The number of amides is 1. The van der Waals surface area contributed by atoms with Gasteiger partial charge < -0.3 is 10.5 Å². The summed E-state index contributed by atoms with van der Waals surface area (Å²) in [4.78, 5) is 18.3. The van der Waals surface area contributed by atoms with Crippen LogP contribution in [0.25, 0.3) is 0 Å². The number of carbonyl (C=O) groups excluding carboxylic acids is 1. The molecule has 14 heavy (non-hydrogen) atoms. The van der Waals surface area contributed by atoms with E-state index < -0.39 is 6.09 Å². The molecular formula is C9H11N3O2. The van der Waals surface area contributed by atoms with Gasteiger partial charge in [0.1, 0.15) is 5.69 Å². The summed E-state index contributed by atoms with van der Waals surface area (Å²) in [5.41, 5.74) is 5.97. The standard InChI is InChI=1S/C9H11N3O2/c1-2-14-9(13)12-8(10)7-5-3-4-6-11-7/h3-6H,2H2,1H3,(H2,10,12,13). The average molecular weight is 193 g/mol. The Balaban J connectivity index is 2.75. The Morgan fingerprint density at radius 1 is 1.64 bits per heavy atom. The van der Waals surface area contributed by atoms with Gasteiger partial charge in [-0.2, -0.15) is 4.99 Å². The number of nitrogens with two attached hydrogens (primary N) is 1. The first-order valence-electron chi connectivity index (χ1n) is 4.16. The number of carbonyl (C=O) groups is 1. The van der Waals surface area contributed by atoms with E-state index in [9.17, 15) is 4.79 Å². The number of hydrogen-bond donors (Lipinski definition) is 1. The summed E-state index contributed by atoms with van der Waals surface area (Å²) < 4.78 is 4.60. The zero-order chi connectivity index (χ0) is 10.4. The molecule has 0 spiro atoms. The minimum absolute atomic E-state index is 0.0593. The van der Waals surface area contributed by atoms with Crippen LogP contribution in [0, 0.1) is 0 Å². The summed E-state index contributed by atoms with van der Waals surface area (Å²) in [6.07, 6.45) is 0.874. The third kappa shape index (κ3) is 2.85. The van der Waals surface area contributed by atoms with Gasteiger partial charge in [-0.05, 0) is 19.1 Å². The lowest BCUT2D eigenvalue weighted by molar-refractivity contribution is 0.163. The highest BCUT2D eigenvalue weighted by atomic mass is 16.5. The molecule has 5 heteroatoms. The molecule has 0 aliphatic rings. The van der Waals surface area contributed by atoms with E-state index in [2.05, 4.69) is 14.7 Å². The maximum Gasteiger partial charge on any atom is 0.435 e. The number of aromatic nitrogens is 1. The fourth-order valence-corrected chi connectivity index (χ4v) is 0.826. The molecule has 0 saturated heterocycles. The van der Waals surface area contributed by atoms with E-state index in [1.807, 2.05) is 0 Å². The van der Waals surface area contributed by atoms with Crippen molar-refractivity contribution in [3.05, 3.63) is 30.1 Å². The molecule has 0 bridgehead atoms.